The van der Waals surface area contributed by atoms with Gasteiger partial charge >= 0.3 is 0 Å². The molecule has 18 heavy (non-hydrogen) atoms. The number of hydrogen-bond donors (Lipinski definition) is 1. The zero-order chi connectivity index (χ0) is 13.1. The number of aryl methyl sites for hydroxylation is 1. The third-order valence-electron chi connectivity index (χ3n) is 2.84. The lowest BCUT2D eigenvalue weighted by Crippen LogP contribution is -2.07. The summed E-state index contributed by atoms with van der Waals surface area (Å²) >= 11 is 0. The molecule has 0 radical (unpaired) electrons. The van der Waals surface area contributed by atoms with Gasteiger partial charge in [-0.1, -0.05) is 31.2 Å². The second-order valence-corrected chi connectivity index (χ2v) is 4.99. The van der Waals surface area contributed by atoms with Crippen molar-refractivity contribution in [2.24, 2.45) is 5.92 Å². The van der Waals surface area contributed by atoms with Gasteiger partial charge in [-0.25, -0.2) is 4.68 Å². The highest BCUT2D eigenvalue weighted by Gasteiger charge is 2.14. The third kappa shape index (κ3) is 2.59. The fraction of sp³-hybridized carbons (Fsp3) is 0.429. The quantitative estimate of drug-likeness (QED) is 0.899. The Balaban J connectivity index is 2.47. The first-order chi connectivity index (χ1) is 8.61. The van der Waals surface area contributed by atoms with Gasteiger partial charge in [0.15, 0.2) is 0 Å². The van der Waals surface area contributed by atoms with Crippen molar-refractivity contribution in [2.75, 3.05) is 0 Å². The van der Waals surface area contributed by atoms with Crippen LogP contribution in [0.15, 0.2) is 24.3 Å². The zero-order valence-electron chi connectivity index (χ0n) is 11.1. The van der Waals surface area contributed by atoms with Gasteiger partial charge in [-0.05, 0) is 37.0 Å². The Morgan fingerprint density at radius 2 is 2.11 bits per heavy atom. The molecule has 1 heterocycles. The molecule has 0 amide bonds. The van der Waals surface area contributed by atoms with E-state index in [9.17, 15) is 5.11 Å². The summed E-state index contributed by atoms with van der Waals surface area (Å²) in [5.74, 6) is 0.498. The fourth-order valence-corrected chi connectivity index (χ4v) is 2.01. The predicted molar refractivity (Wildman–Crippen MR) is 70.6 cm³/mol. The number of nitrogens with zero attached hydrogens (tertiary/aromatic N) is 3. The molecule has 0 saturated carbocycles. The van der Waals surface area contributed by atoms with Gasteiger partial charge in [-0.2, -0.15) is 0 Å². The van der Waals surface area contributed by atoms with Crippen molar-refractivity contribution < 1.29 is 5.11 Å². The minimum absolute atomic E-state index is 0.0616. The molecule has 1 aromatic heterocycles. The standard InChI is InChI=1S/C14H19N3O/c1-10(2)7-14-13(9-18)15-16-17(14)12-6-4-5-11(3)8-12/h4-6,8,10,18H,7,9H2,1-3H3. The van der Waals surface area contributed by atoms with Crippen LogP contribution in [0.4, 0.5) is 0 Å². The van der Waals surface area contributed by atoms with E-state index in [4.69, 9.17) is 0 Å². The Hall–Kier alpha value is -1.68. The van der Waals surface area contributed by atoms with Gasteiger partial charge in [-0.15, -0.1) is 5.10 Å². The minimum Gasteiger partial charge on any atom is -0.390 e. The fourth-order valence-electron chi connectivity index (χ4n) is 2.01. The molecular weight excluding hydrogens is 226 g/mol. The van der Waals surface area contributed by atoms with E-state index < -0.39 is 0 Å². The van der Waals surface area contributed by atoms with Crippen LogP contribution in [0.1, 0.15) is 30.8 Å². The van der Waals surface area contributed by atoms with Crippen LogP contribution in [0.3, 0.4) is 0 Å². The first-order valence-electron chi connectivity index (χ1n) is 6.23. The molecule has 2 rings (SSSR count). The van der Waals surface area contributed by atoms with Gasteiger partial charge in [0.05, 0.1) is 18.0 Å². The van der Waals surface area contributed by atoms with Crippen molar-refractivity contribution in [2.45, 2.75) is 33.8 Å². The molecule has 1 N–H and O–H groups in total. The molecule has 0 aliphatic carbocycles. The average Bonchev–Trinajstić information content (AvgIpc) is 2.71. The van der Waals surface area contributed by atoms with E-state index in [2.05, 4.69) is 43.2 Å². The second-order valence-electron chi connectivity index (χ2n) is 4.99. The molecule has 2 aromatic rings. The summed E-state index contributed by atoms with van der Waals surface area (Å²) in [5, 5.41) is 17.5. The summed E-state index contributed by atoms with van der Waals surface area (Å²) in [6.45, 7) is 6.28. The van der Waals surface area contributed by atoms with E-state index in [1.165, 1.54) is 5.56 Å². The molecule has 0 saturated heterocycles. The lowest BCUT2D eigenvalue weighted by molar-refractivity contribution is 0.275. The lowest BCUT2D eigenvalue weighted by atomic mass is 10.1. The van der Waals surface area contributed by atoms with Crippen molar-refractivity contribution in [3.63, 3.8) is 0 Å². The molecule has 0 aliphatic rings. The summed E-state index contributed by atoms with van der Waals surface area (Å²) in [6, 6.07) is 8.13. The van der Waals surface area contributed by atoms with Crippen LogP contribution in [0, 0.1) is 12.8 Å². The predicted octanol–water partition coefficient (Wildman–Crippen LogP) is 2.27. The molecular formula is C14H19N3O. The molecule has 96 valence electrons. The average molecular weight is 245 g/mol. The van der Waals surface area contributed by atoms with Crippen LogP contribution in [0.5, 0.6) is 0 Å². The van der Waals surface area contributed by atoms with Gasteiger partial charge < -0.3 is 5.11 Å². The van der Waals surface area contributed by atoms with E-state index in [-0.39, 0.29) is 6.61 Å². The smallest absolute Gasteiger partial charge is 0.112 e. The largest absolute Gasteiger partial charge is 0.390 e. The number of aromatic nitrogens is 3. The summed E-state index contributed by atoms with van der Waals surface area (Å²) < 4.78 is 1.83. The second kappa shape index (κ2) is 5.31. The highest BCUT2D eigenvalue weighted by atomic mass is 16.3. The zero-order valence-corrected chi connectivity index (χ0v) is 11.1. The molecule has 0 aliphatic heterocycles. The highest BCUT2D eigenvalue weighted by Crippen LogP contribution is 2.17. The van der Waals surface area contributed by atoms with Crippen molar-refractivity contribution >= 4 is 0 Å². The molecule has 0 fully saturated rings. The SMILES string of the molecule is Cc1cccc(-n2nnc(CO)c2CC(C)C)c1. The van der Waals surface area contributed by atoms with E-state index in [0.29, 0.717) is 11.6 Å². The summed E-state index contributed by atoms with van der Waals surface area (Å²) in [6.07, 6.45) is 0.858. The first-order valence-corrected chi connectivity index (χ1v) is 6.23. The maximum atomic E-state index is 9.33. The number of hydrogen-bond acceptors (Lipinski definition) is 3. The summed E-state index contributed by atoms with van der Waals surface area (Å²) in [7, 11) is 0. The molecule has 0 bridgehead atoms. The van der Waals surface area contributed by atoms with Crippen molar-refractivity contribution in [1.29, 1.82) is 0 Å². The van der Waals surface area contributed by atoms with Crippen LogP contribution in [0.2, 0.25) is 0 Å². The van der Waals surface area contributed by atoms with Crippen LogP contribution in [-0.4, -0.2) is 20.1 Å². The van der Waals surface area contributed by atoms with Gasteiger partial charge in [0.1, 0.15) is 5.69 Å². The number of rotatable bonds is 4. The van der Waals surface area contributed by atoms with Crippen molar-refractivity contribution in [3.05, 3.63) is 41.2 Å². The Morgan fingerprint density at radius 3 is 2.72 bits per heavy atom. The Labute approximate surface area is 107 Å². The molecule has 0 spiro atoms. The van der Waals surface area contributed by atoms with Gasteiger partial charge in [0.2, 0.25) is 0 Å². The van der Waals surface area contributed by atoms with E-state index in [0.717, 1.165) is 17.8 Å². The first kappa shape index (κ1) is 12.8. The van der Waals surface area contributed by atoms with Crippen molar-refractivity contribution in [1.82, 2.24) is 15.0 Å². The van der Waals surface area contributed by atoms with Crippen LogP contribution >= 0.6 is 0 Å². The Bertz CT molecular complexity index is 532. The number of aliphatic hydroxyl groups excluding tert-OH is 1. The third-order valence-corrected chi connectivity index (χ3v) is 2.84. The Kier molecular flexibility index (Phi) is 3.77. The summed E-state index contributed by atoms with van der Waals surface area (Å²) in [4.78, 5) is 0. The van der Waals surface area contributed by atoms with Crippen molar-refractivity contribution in [3.8, 4) is 5.69 Å². The Morgan fingerprint density at radius 1 is 1.33 bits per heavy atom. The normalized spacial score (nSPS) is 11.2. The van der Waals surface area contributed by atoms with Crippen LogP contribution < -0.4 is 0 Å². The summed E-state index contributed by atoms with van der Waals surface area (Å²) in [5.41, 5.74) is 3.85. The topological polar surface area (TPSA) is 50.9 Å². The highest BCUT2D eigenvalue weighted by molar-refractivity contribution is 5.36. The van der Waals surface area contributed by atoms with E-state index in [1.54, 1.807) is 0 Å². The number of benzene rings is 1. The minimum atomic E-state index is -0.0616. The van der Waals surface area contributed by atoms with E-state index >= 15 is 0 Å². The maximum absolute atomic E-state index is 9.33. The lowest BCUT2D eigenvalue weighted by Gasteiger charge is -2.10. The van der Waals surface area contributed by atoms with Crippen LogP contribution in [-0.2, 0) is 13.0 Å². The maximum Gasteiger partial charge on any atom is 0.112 e. The van der Waals surface area contributed by atoms with Gasteiger partial charge in [0.25, 0.3) is 0 Å². The van der Waals surface area contributed by atoms with Crippen LogP contribution in [0.25, 0.3) is 5.69 Å². The molecule has 1 aromatic carbocycles. The molecule has 0 atom stereocenters. The molecule has 4 nitrogen and oxygen atoms in total. The molecule has 0 unspecified atom stereocenters. The van der Waals surface area contributed by atoms with E-state index in [1.807, 2.05) is 16.8 Å². The van der Waals surface area contributed by atoms with Gasteiger partial charge in [0, 0.05) is 0 Å². The van der Waals surface area contributed by atoms with Gasteiger partial charge in [-0.3, -0.25) is 0 Å². The monoisotopic (exact) mass is 245 g/mol. The number of aliphatic hydroxyl groups is 1. The molecule has 4 heteroatoms.